The third kappa shape index (κ3) is 4.35. The molecule has 0 spiro atoms. The summed E-state index contributed by atoms with van der Waals surface area (Å²) in [5, 5.41) is 5.40. The number of hydrogen-bond donors (Lipinski definition) is 1. The van der Waals surface area contributed by atoms with Gasteiger partial charge in [-0.25, -0.2) is 4.79 Å². The number of carbonyl (C=O) groups excluding carboxylic acids is 2. The standard InChI is InChI=1S/C22H17Cl2NO3/c1-13(14-7-8-18(23)19(24)11-14)9-21(26)25-20-12-16-6-4-3-5-15(16)10-17(20)22(27)28-2/h3-12H,1-2H3,(H,25,26). The van der Waals surface area contributed by atoms with Crippen molar-refractivity contribution >= 4 is 57.1 Å². The third-order valence-electron chi connectivity index (χ3n) is 4.27. The second kappa shape index (κ2) is 8.46. The van der Waals surface area contributed by atoms with Gasteiger partial charge in [0.05, 0.1) is 28.4 Å². The minimum Gasteiger partial charge on any atom is -0.465 e. The molecule has 0 aliphatic carbocycles. The average Bonchev–Trinajstić information content (AvgIpc) is 2.68. The summed E-state index contributed by atoms with van der Waals surface area (Å²) in [6.07, 6.45) is 1.44. The van der Waals surface area contributed by atoms with E-state index in [0.717, 1.165) is 16.3 Å². The van der Waals surface area contributed by atoms with Crippen LogP contribution in [0, 0.1) is 0 Å². The number of benzene rings is 3. The zero-order valence-electron chi connectivity index (χ0n) is 15.3. The molecule has 0 aliphatic rings. The molecular weight excluding hydrogens is 397 g/mol. The molecule has 0 radical (unpaired) electrons. The maximum absolute atomic E-state index is 12.5. The molecule has 4 nitrogen and oxygen atoms in total. The number of anilines is 1. The molecule has 0 fully saturated rings. The van der Waals surface area contributed by atoms with Crippen LogP contribution in [0.4, 0.5) is 5.69 Å². The molecule has 0 atom stereocenters. The van der Waals surface area contributed by atoms with Gasteiger partial charge in [0.15, 0.2) is 0 Å². The van der Waals surface area contributed by atoms with Gasteiger partial charge in [-0.05, 0) is 53.1 Å². The van der Waals surface area contributed by atoms with Crippen molar-refractivity contribution in [3.8, 4) is 0 Å². The Morgan fingerprint density at radius 3 is 2.29 bits per heavy atom. The monoisotopic (exact) mass is 413 g/mol. The number of carbonyl (C=O) groups is 2. The van der Waals surface area contributed by atoms with Crippen molar-refractivity contribution in [2.75, 3.05) is 12.4 Å². The third-order valence-corrected chi connectivity index (χ3v) is 5.01. The smallest absolute Gasteiger partial charge is 0.339 e. The highest BCUT2D eigenvalue weighted by molar-refractivity contribution is 6.42. The molecule has 0 saturated carbocycles. The van der Waals surface area contributed by atoms with E-state index in [1.165, 1.54) is 13.2 Å². The highest BCUT2D eigenvalue weighted by Gasteiger charge is 2.15. The van der Waals surface area contributed by atoms with E-state index in [1.807, 2.05) is 24.3 Å². The highest BCUT2D eigenvalue weighted by Crippen LogP contribution is 2.27. The molecule has 0 saturated heterocycles. The van der Waals surface area contributed by atoms with Crippen molar-refractivity contribution in [1.82, 2.24) is 0 Å². The Morgan fingerprint density at radius 1 is 0.964 bits per heavy atom. The maximum atomic E-state index is 12.5. The van der Waals surface area contributed by atoms with Gasteiger partial charge in [-0.3, -0.25) is 4.79 Å². The van der Waals surface area contributed by atoms with Gasteiger partial charge in [0.1, 0.15) is 0 Å². The van der Waals surface area contributed by atoms with Gasteiger partial charge in [-0.15, -0.1) is 0 Å². The minimum atomic E-state index is -0.522. The first kappa shape index (κ1) is 19.9. The van der Waals surface area contributed by atoms with E-state index >= 15 is 0 Å². The Bertz CT molecular complexity index is 1110. The van der Waals surface area contributed by atoms with Crippen molar-refractivity contribution in [1.29, 1.82) is 0 Å². The Balaban J connectivity index is 1.93. The zero-order valence-corrected chi connectivity index (χ0v) is 16.8. The Morgan fingerprint density at radius 2 is 1.64 bits per heavy atom. The van der Waals surface area contributed by atoms with Crippen molar-refractivity contribution in [3.63, 3.8) is 0 Å². The normalized spacial score (nSPS) is 11.4. The molecular formula is C22H17Cl2NO3. The lowest BCUT2D eigenvalue weighted by molar-refractivity contribution is -0.111. The van der Waals surface area contributed by atoms with Crippen molar-refractivity contribution in [3.05, 3.63) is 81.8 Å². The Kier molecular flexibility index (Phi) is 6.02. The maximum Gasteiger partial charge on any atom is 0.339 e. The first-order valence-electron chi connectivity index (χ1n) is 8.45. The second-order valence-electron chi connectivity index (χ2n) is 6.18. The van der Waals surface area contributed by atoms with E-state index in [4.69, 9.17) is 27.9 Å². The lowest BCUT2D eigenvalue weighted by atomic mass is 10.0. The molecule has 0 aromatic heterocycles. The molecule has 142 valence electrons. The van der Waals surface area contributed by atoms with Crippen LogP contribution in [-0.4, -0.2) is 19.0 Å². The lowest BCUT2D eigenvalue weighted by Crippen LogP contribution is -2.13. The number of allylic oxidation sites excluding steroid dienone is 1. The summed E-state index contributed by atoms with van der Waals surface area (Å²) in [6.45, 7) is 1.79. The van der Waals surface area contributed by atoms with E-state index in [2.05, 4.69) is 5.32 Å². The number of ether oxygens (including phenoxy) is 1. The van der Waals surface area contributed by atoms with Crippen LogP contribution in [0.1, 0.15) is 22.8 Å². The van der Waals surface area contributed by atoms with E-state index in [9.17, 15) is 9.59 Å². The number of nitrogens with one attached hydrogen (secondary N) is 1. The summed E-state index contributed by atoms with van der Waals surface area (Å²) in [5.41, 5.74) is 2.15. The second-order valence-corrected chi connectivity index (χ2v) is 7.00. The molecule has 0 heterocycles. The van der Waals surface area contributed by atoms with E-state index in [-0.39, 0.29) is 11.5 Å². The molecule has 1 N–H and O–H groups in total. The Hall–Kier alpha value is -2.82. The van der Waals surface area contributed by atoms with E-state index in [1.54, 1.807) is 37.3 Å². The van der Waals surface area contributed by atoms with E-state index < -0.39 is 5.97 Å². The fourth-order valence-electron chi connectivity index (χ4n) is 2.81. The molecule has 0 aliphatic heterocycles. The molecule has 28 heavy (non-hydrogen) atoms. The predicted octanol–water partition coefficient (Wildman–Crippen LogP) is 5.98. The van der Waals surface area contributed by atoms with Crippen LogP contribution < -0.4 is 5.32 Å². The number of rotatable bonds is 4. The van der Waals surface area contributed by atoms with Gasteiger partial charge in [0, 0.05) is 6.08 Å². The summed E-state index contributed by atoms with van der Waals surface area (Å²) >= 11 is 12.0. The SMILES string of the molecule is COC(=O)c1cc2ccccc2cc1NC(=O)C=C(C)c1ccc(Cl)c(Cl)c1. The summed E-state index contributed by atoms with van der Waals surface area (Å²) in [7, 11) is 1.30. The number of amides is 1. The molecule has 0 bridgehead atoms. The highest BCUT2D eigenvalue weighted by atomic mass is 35.5. The number of hydrogen-bond acceptors (Lipinski definition) is 3. The first-order valence-corrected chi connectivity index (χ1v) is 9.20. The number of methoxy groups -OCH3 is 1. The van der Waals surface area contributed by atoms with Crippen LogP contribution >= 0.6 is 23.2 Å². The largest absolute Gasteiger partial charge is 0.465 e. The zero-order chi connectivity index (χ0) is 20.3. The van der Waals surface area contributed by atoms with Gasteiger partial charge in [0.25, 0.3) is 0 Å². The van der Waals surface area contributed by atoms with Crippen LogP contribution in [0.15, 0.2) is 60.7 Å². The van der Waals surface area contributed by atoms with Crippen molar-refractivity contribution in [2.45, 2.75) is 6.92 Å². The van der Waals surface area contributed by atoms with Crippen molar-refractivity contribution < 1.29 is 14.3 Å². The van der Waals surface area contributed by atoms with Crippen LogP contribution in [0.5, 0.6) is 0 Å². The Labute approximate surface area is 172 Å². The topological polar surface area (TPSA) is 55.4 Å². The number of fused-ring (bicyclic) bond motifs is 1. The fraction of sp³-hybridized carbons (Fsp3) is 0.0909. The fourth-order valence-corrected chi connectivity index (χ4v) is 3.11. The summed E-state index contributed by atoms with van der Waals surface area (Å²) in [6, 6.07) is 16.2. The summed E-state index contributed by atoms with van der Waals surface area (Å²) < 4.78 is 4.85. The van der Waals surface area contributed by atoms with Gasteiger partial charge in [-0.1, -0.05) is 53.5 Å². The van der Waals surface area contributed by atoms with Crippen molar-refractivity contribution in [2.24, 2.45) is 0 Å². The molecule has 3 aromatic carbocycles. The van der Waals surface area contributed by atoms with E-state index in [0.29, 0.717) is 21.3 Å². The van der Waals surface area contributed by atoms with Crippen LogP contribution in [0.3, 0.4) is 0 Å². The quantitative estimate of drug-likeness (QED) is 0.422. The minimum absolute atomic E-state index is 0.287. The lowest BCUT2D eigenvalue weighted by Gasteiger charge is -2.11. The van der Waals surface area contributed by atoms with Crippen LogP contribution in [-0.2, 0) is 9.53 Å². The predicted molar refractivity (Wildman–Crippen MR) is 114 cm³/mol. The number of esters is 1. The summed E-state index contributed by atoms with van der Waals surface area (Å²) in [5.74, 6) is -0.893. The van der Waals surface area contributed by atoms with Gasteiger partial charge in [-0.2, -0.15) is 0 Å². The van der Waals surface area contributed by atoms with Gasteiger partial charge in [0.2, 0.25) is 5.91 Å². The molecule has 1 amide bonds. The van der Waals surface area contributed by atoms with Gasteiger partial charge >= 0.3 is 5.97 Å². The summed E-state index contributed by atoms with van der Waals surface area (Å²) in [4.78, 5) is 24.7. The molecule has 3 rings (SSSR count). The van der Waals surface area contributed by atoms with Crippen LogP contribution in [0.25, 0.3) is 16.3 Å². The number of halogens is 2. The molecule has 6 heteroatoms. The average molecular weight is 414 g/mol. The van der Waals surface area contributed by atoms with Crippen LogP contribution in [0.2, 0.25) is 10.0 Å². The molecule has 0 unspecified atom stereocenters. The van der Waals surface area contributed by atoms with Gasteiger partial charge < -0.3 is 10.1 Å². The molecule has 3 aromatic rings. The first-order chi connectivity index (χ1) is 13.4.